The molecule has 0 aliphatic heterocycles. The number of nitrogens with zero attached hydrogens (tertiary/aromatic N) is 3. The average Bonchev–Trinajstić information content (AvgIpc) is 2.38. The van der Waals surface area contributed by atoms with Crippen LogP contribution in [0.4, 0.5) is 11.5 Å². The van der Waals surface area contributed by atoms with Crippen molar-refractivity contribution < 1.29 is 0 Å². The van der Waals surface area contributed by atoms with Crippen molar-refractivity contribution in [2.24, 2.45) is 0 Å². The van der Waals surface area contributed by atoms with Gasteiger partial charge in [0.25, 0.3) is 0 Å². The van der Waals surface area contributed by atoms with Crippen molar-refractivity contribution in [3.8, 4) is 0 Å². The molecule has 4 nitrogen and oxygen atoms in total. The first-order chi connectivity index (χ1) is 8.70. The third kappa shape index (κ3) is 2.77. The van der Waals surface area contributed by atoms with Crippen LogP contribution in [0, 0.1) is 6.92 Å². The van der Waals surface area contributed by atoms with Crippen LogP contribution < -0.4 is 10.6 Å². The van der Waals surface area contributed by atoms with Gasteiger partial charge in [0.1, 0.15) is 11.6 Å². The summed E-state index contributed by atoms with van der Waals surface area (Å²) >= 11 is 0. The molecule has 94 valence electrons. The normalized spacial score (nSPS) is 10.3. The maximum absolute atomic E-state index is 5.97. The van der Waals surface area contributed by atoms with Crippen molar-refractivity contribution in [1.29, 1.82) is 0 Å². The lowest BCUT2D eigenvalue weighted by atomic mass is 10.1. The van der Waals surface area contributed by atoms with Gasteiger partial charge in [0.05, 0.1) is 0 Å². The Bertz CT molecular complexity index is 525. The van der Waals surface area contributed by atoms with Crippen LogP contribution in [0.15, 0.2) is 36.5 Å². The van der Waals surface area contributed by atoms with Crippen LogP contribution in [0.3, 0.4) is 0 Å². The van der Waals surface area contributed by atoms with Crippen molar-refractivity contribution >= 4 is 11.5 Å². The molecule has 0 unspecified atom stereocenters. The van der Waals surface area contributed by atoms with E-state index < -0.39 is 0 Å². The van der Waals surface area contributed by atoms with Crippen LogP contribution in [0.5, 0.6) is 0 Å². The fourth-order valence-electron chi connectivity index (χ4n) is 1.86. The highest BCUT2D eigenvalue weighted by Gasteiger charge is 2.08. The van der Waals surface area contributed by atoms with Gasteiger partial charge in [-0.05, 0) is 31.5 Å². The molecule has 0 saturated carbocycles. The molecule has 0 amide bonds. The van der Waals surface area contributed by atoms with Gasteiger partial charge in [-0.15, -0.1) is 0 Å². The van der Waals surface area contributed by atoms with Gasteiger partial charge in [0.15, 0.2) is 0 Å². The first-order valence-electron chi connectivity index (χ1n) is 6.08. The van der Waals surface area contributed by atoms with Crippen LogP contribution in [-0.2, 0) is 6.54 Å². The van der Waals surface area contributed by atoms with Gasteiger partial charge in [0.2, 0.25) is 0 Å². The zero-order valence-corrected chi connectivity index (χ0v) is 10.8. The second-order valence-corrected chi connectivity index (χ2v) is 4.18. The van der Waals surface area contributed by atoms with Gasteiger partial charge in [-0.3, -0.25) is 0 Å². The van der Waals surface area contributed by atoms with Gasteiger partial charge in [-0.1, -0.05) is 18.2 Å². The minimum absolute atomic E-state index is 0.764. The molecule has 0 bridgehead atoms. The van der Waals surface area contributed by atoms with E-state index in [4.69, 9.17) is 5.73 Å². The highest BCUT2D eigenvalue weighted by atomic mass is 15.2. The van der Waals surface area contributed by atoms with E-state index in [9.17, 15) is 0 Å². The number of nitrogen functional groups attached to an aromatic ring is 1. The largest absolute Gasteiger partial charge is 0.398 e. The minimum atomic E-state index is 0.764. The molecule has 1 aromatic heterocycles. The number of para-hydroxylation sites is 1. The lowest BCUT2D eigenvalue weighted by Gasteiger charge is -2.22. The molecule has 2 aromatic rings. The molecule has 0 aliphatic carbocycles. The molecule has 1 heterocycles. The lowest BCUT2D eigenvalue weighted by molar-refractivity contribution is 0.805. The summed E-state index contributed by atoms with van der Waals surface area (Å²) in [4.78, 5) is 10.7. The van der Waals surface area contributed by atoms with E-state index in [2.05, 4.69) is 21.8 Å². The van der Waals surface area contributed by atoms with E-state index in [1.165, 1.54) is 0 Å². The Morgan fingerprint density at radius 3 is 2.67 bits per heavy atom. The van der Waals surface area contributed by atoms with E-state index in [1.807, 2.05) is 37.3 Å². The van der Waals surface area contributed by atoms with Gasteiger partial charge in [-0.25, -0.2) is 9.97 Å². The van der Waals surface area contributed by atoms with E-state index in [0.717, 1.165) is 36.0 Å². The van der Waals surface area contributed by atoms with Gasteiger partial charge in [0, 0.05) is 25.0 Å². The monoisotopic (exact) mass is 242 g/mol. The maximum Gasteiger partial charge on any atom is 0.132 e. The number of benzene rings is 1. The molecule has 2 rings (SSSR count). The van der Waals surface area contributed by atoms with Gasteiger partial charge >= 0.3 is 0 Å². The van der Waals surface area contributed by atoms with Crippen LogP contribution in [-0.4, -0.2) is 16.5 Å². The molecule has 0 radical (unpaired) electrons. The Balaban J connectivity index is 2.23. The zero-order chi connectivity index (χ0) is 13.0. The number of anilines is 2. The van der Waals surface area contributed by atoms with Crippen molar-refractivity contribution in [2.75, 3.05) is 17.2 Å². The molecule has 4 heteroatoms. The third-order valence-corrected chi connectivity index (χ3v) is 2.88. The Morgan fingerprint density at radius 1 is 1.22 bits per heavy atom. The van der Waals surface area contributed by atoms with Crippen molar-refractivity contribution in [3.63, 3.8) is 0 Å². The third-order valence-electron chi connectivity index (χ3n) is 2.88. The van der Waals surface area contributed by atoms with Gasteiger partial charge < -0.3 is 10.6 Å². The number of hydrogen-bond donors (Lipinski definition) is 1. The molecular formula is C14H18N4. The van der Waals surface area contributed by atoms with Crippen LogP contribution in [0.1, 0.15) is 18.3 Å². The molecule has 1 aromatic carbocycles. The summed E-state index contributed by atoms with van der Waals surface area (Å²) in [5.74, 6) is 1.72. The molecule has 2 N–H and O–H groups in total. The summed E-state index contributed by atoms with van der Waals surface area (Å²) in [5, 5.41) is 0. The molecular weight excluding hydrogens is 224 g/mol. The van der Waals surface area contributed by atoms with E-state index >= 15 is 0 Å². The summed E-state index contributed by atoms with van der Waals surface area (Å²) in [6.07, 6.45) is 1.79. The highest BCUT2D eigenvalue weighted by molar-refractivity contribution is 5.49. The average molecular weight is 242 g/mol. The van der Waals surface area contributed by atoms with Crippen LogP contribution in [0.2, 0.25) is 0 Å². The number of hydrogen-bond acceptors (Lipinski definition) is 4. The van der Waals surface area contributed by atoms with Gasteiger partial charge in [-0.2, -0.15) is 0 Å². The Labute approximate surface area is 107 Å². The highest BCUT2D eigenvalue weighted by Crippen LogP contribution is 2.17. The predicted molar refractivity (Wildman–Crippen MR) is 74.3 cm³/mol. The summed E-state index contributed by atoms with van der Waals surface area (Å²) in [6, 6.07) is 9.85. The fraction of sp³-hybridized carbons (Fsp3) is 0.286. The molecule has 18 heavy (non-hydrogen) atoms. The SMILES string of the molecule is CCN(Cc1ccccc1N)c1ccnc(C)n1. The summed E-state index contributed by atoms with van der Waals surface area (Å²) in [5.41, 5.74) is 7.91. The molecule has 0 fully saturated rings. The Kier molecular flexibility index (Phi) is 3.77. The van der Waals surface area contributed by atoms with Crippen molar-refractivity contribution in [3.05, 3.63) is 47.9 Å². The molecule has 0 aliphatic rings. The number of aromatic nitrogens is 2. The maximum atomic E-state index is 5.97. The van der Waals surface area contributed by atoms with E-state index in [-0.39, 0.29) is 0 Å². The second kappa shape index (κ2) is 5.49. The topological polar surface area (TPSA) is 55.0 Å². The minimum Gasteiger partial charge on any atom is -0.398 e. The number of aryl methyl sites for hydroxylation is 1. The number of rotatable bonds is 4. The standard InChI is InChI=1S/C14H18N4/c1-3-18(14-8-9-16-11(2)17-14)10-12-6-4-5-7-13(12)15/h4-9H,3,10,15H2,1-2H3. The number of nitrogens with two attached hydrogens (primary N) is 1. The van der Waals surface area contributed by atoms with Crippen molar-refractivity contribution in [1.82, 2.24) is 9.97 Å². The summed E-state index contributed by atoms with van der Waals surface area (Å²) in [7, 11) is 0. The first kappa shape index (κ1) is 12.4. The van der Waals surface area contributed by atoms with Crippen LogP contribution >= 0.6 is 0 Å². The van der Waals surface area contributed by atoms with Crippen molar-refractivity contribution in [2.45, 2.75) is 20.4 Å². The Hall–Kier alpha value is -2.10. The smallest absolute Gasteiger partial charge is 0.132 e. The van der Waals surface area contributed by atoms with E-state index in [1.54, 1.807) is 6.20 Å². The molecule has 0 saturated heterocycles. The summed E-state index contributed by atoms with van der Waals surface area (Å²) < 4.78 is 0. The first-order valence-corrected chi connectivity index (χ1v) is 6.08. The fourth-order valence-corrected chi connectivity index (χ4v) is 1.86. The van der Waals surface area contributed by atoms with Crippen LogP contribution in [0.25, 0.3) is 0 Å². The van der Waals surface area contributed by atoms with E-state index in [0.29, 0.717) is 0 Å². The molecule has 0 atom stereocenters. The Morgan fingerprint density at radius 2 is 2.00 bits per heavy atom. The second-order valence-electron chi connectivity index (χ2n) is 4.18. The quantitative estimate of drug-likeness (QED) is 0.836. The predicted octanol–water partition coefficient (Wildman–Crippen LogP) is 2.39. The lowest BCUT2D eigenvalue weighted by Crippen LogP contribution is -2.24. The summed E-state index contributed by atoms with van der Waals surface area (Å²) in [6.45, 7) is 5.65. The zero-order valence-electron chi connectivity index (χ0n) is 10.8. The molecule has 0 spiro atoms.